The smallest absolute Gasteiger partial charge is 0.238 e. The van der Waals surface area contributed by atoms with E-state index in [1.54, 1.807) is 24.4 Å². The average Bonchev–Trinajstić information content (AvgIpc) is 2.24. The van der Waals surface area contributed by atoms with Gasteiger partial charge in [-0.3, -0.25) is 0 Å². The summed E-state index contributed by atoms with van der Waals surface area (Å²) in [7, 11) is 0. The Balaban J connectivity index is 2.25. The van der Waals surface area contributed by atoms with Gasteiger partial charge in [0.2, 0.25) is 5.88 Å². The first-order chi connectivity index (χ1) is 7.25. The monoisotopic (exact) mass is 201 g/mol. The van der Waals surface area contributed by atoms with E-state index in [1.807, 2.05) is 19.1 Å². The number of benzene rings is 1. The lowest BCUT2D eigenvalue weighted by atomic mass is 10.2. The van der Waals surface area contributed by atoms with Crippen molar-refractivity contribution in [3.8, 4) is 11.6 Å². The van der Waals surface area contributed by atoms with Crippen LogP contribution in [0.5, 0.6) is 11.6 Å². The maximum atomic E-state index is 5.64. The molecule has 15 heavy (non-hydrogen) atoms. The number of nitrogens with two attached hydrogens (primary N) is 1. The van der Waals surface area contributed by atoms with Gasteiger partial charge in [0.05, 0.1) is 0 Å². The molecule has 0 radical (unpaired) electrons. The molecule has 0 aliphatic heterocycles. The number of aromatic nitrogens is 2. The van der Waals surface area contributed by atoms with E-state index < -0.39 is 0 Å². The number of ether oxygens (including phenoxy) is 1. The zero-order valence-corrected chi connectivity index (χ0v) is 8.34. The van der Waals surface area contributed by atoms with Crippen molar-refractivity contribution in [2.24, 2.45) is 0 Å². The maximum Gasteiger partial charge on any atom is 0.238 e. The normalized spacial score (nSPS) is 9.93. The Morgan fingerprint density at radius 2 is 2.13 bits per heavy atom. The summed E-state index contributed by atoms with van der Waals surface area (Å²) in [6.07, 6.45) is 1.60. The fourth-order valence-electron chi connectivity index (χ4n) is 1.24. The van der Waals surface area contributed by atoms with Gasteiger partial charge < -0.3 is 10.5 Å². The minimum Gasteiger partial charge on any atom is -0.437 e. The number of rotatable bonds is 2. The van der Waals surface area contributed by atoms with Gasteiger partial charge in [-0.05, 0) is 36.8 Å². The predicted molar refractivity (Wildman–Crippen MR) is 57.7 cm³/mol. The number of aryl methyl sites for hydroxylation is 1. The van der Waals surface area contributed by atoms with Crippen molar-refractivity contribution < 1.29 is 4.74 Å². The fraction of sp³-hybridized carbons (Fsp3) is 0.0909. The van der Waals surface area contributed by atoms with Gasteiger partial charge >= 0.3 is 0 Å². The number of anilines is 1. The molecule has 0 aliphatic rings. The molecule has 4 heteroatoms. The van der Waals surface area contributed by atoms with Gasteiger partial charge in [-0.25, -0.2) is 0 Å². The highest BCUT2D eigenvalue weighted by atomic mass is 16.5. The quantitative estimate of drug-likeness (QED) is 0.756. The van der Waals surface area contributed by atoms with Crippen LogP contribution in [0.25, 0.3) is 0 Å². The van der Waals surface area contributed by atoms with Crippen LogP contribution in [0.2, 0.25) is 0 Å². The second kappa shape index (κ2) is 3.96. The van der Waals surface area contributed by atoms with Crippen LogP contribution < -0.4 is 10.5 Å². The molecule has 0 amide bonds. The zero-order valence-electron chi connectivity index (χ0n) is 8.34. The number of hydrogen-bond donors (Lipinski definition) is 1. The van der Waals surface area contributed by atoms with Crippen LogP contribution in [-0.4, -0.2) is 10.2 Å². The SMILES string of the molecule is Cc1cc(N)ccc1Oc1cccnn1. The van der Waals surface area contributed by atoms with Crippen molar-refractivity contribution in [1.29, 1.82) is 0 Å². The van der Waals surface area contributed by atoms with Crippen LogP contribution in [0.4, 0.5) is 5.69 Å². The molecule has 0 fully saturated rings. The van der Waals surface area contributed by atoms with E-state index in [-0.39, 0.29) is 0 Å². The van der Waals surface area contributed by atoms with Crippen molar-refractivity contribution >= 4 is 5.69 Å². The number of hydrogen-bond acceptors (Lipinski definition) is 4. The van der Waals surface area contributed by atoms with E-state index in [4.69, 9.17) is 10.5 Å². The standard InChI is InChI=1S/C11H11N3O/c1-8-7-9(12)4-5-10(8)15-11-3-2-6-13-14-11/h2-7H,12H2,1H3. The highest BCUT2D eigenvalue weighted by Gasteiger charge is 2.02. The van der Waals surface area contributed by atoms with E-state index in [1.165, 1.54) is 0 Å². The van der Waals surface area contributed by atoms with Gasteiger partial charge in [0.1, 0.15) is 5.75 Å². The first-order valence-corrected chi connectivity index (χ1v) is 4.57. The van der Waals surface area contributed by atoms with Gasteiger partial charge in [0, 0.05) is 18.0 Å². The third-order valence-corrected chi connectivity index (χ3v) is 1.96. The molecule has 0 saturated carbocycles. The minimum absolute atomic E-state index is 0.477. The molecule has 0 spiro atoms. The van der Waals surface area contributed by atoms with Crippen molar-refractivity contribution in [3.63, 3.8) is 0 Å². The second-order valence-corrected chi connectivity index (χ2v) is 3.19. The Morgan fingerprint density at radius 1 is 1.27 bits per heavy atom. The van der Waals surface area contributed by atoms with E-state index in [0.29, 0.717) is 5.88 Å². The molecular weight excluding hydrogens is 190 g/mol. The third-order valence-electron chi connectivity index (χ3n) is 1.96. The van der Waals surface area contributed by atoms with Gasteiger partial charge in [0.15, 0.2) is 0 Å². The Kier molecular flexibility index (Phi) is 2.49. The predicted octanol–water partition coefficient (Wildman–Crippen LogP) is 2.16. The number of nitrogen functional groups attached to an aromatic ring is 1. The average molecular weight is 201 g/mol. The van der Waals surface area contributed by atoms with E-state index in [0.717, 1.165) is 17.0 Å². The van der Waals surface area contributed by atoms with Crippen molar-refractivity contribution in [3.05, 3.63) is 42.1 Å². The van der Waals surface area contributed by atoms with Gasteiger partial charge in [-0.15, -0.1) is 5.10 Å². The van der Waals surface area contributed by atoms with Crippen molar-refractivity contribution in [2.75, 3.05) is 5.73 Å². The van der Waals surface area contributed by atoms with E-state index in [9.17, 15) is 0 Å². The van der Waals surface area contributed by atoms with Gasteiger partial charge in [-0.1, -0.05) is 0 Å². The maximum absolute atomic E-state index is 5.64. The molecule has 2 rings (SSSR count). The highest BCUT2D eigenvalue weighted by molar-refractivity contribution is 5.47. The Labute approximate surface area is 87.7 Å². The minimum atomic E-state index is 0.477. The first-order valence-electron chi connectivity index (χ1n) is 4.57. The number of nitrogens with zero attached hydrogens (tertiary/aromatic N) is 2. The van der Waals surface area contributed by atoms with Gasteiger partial charge in [0.25, 0.3) is 0 Å². The third kappa shape index (κ3) is 2.22. The summed E-state index contributed by atoms with van der Waals surface area (Å²) >= 11 is 0. The molecule has 1 heterocycles. The van der Waals surface area contributed by atoms with E-state index in [2.05, 4.69) is 10.2 Å². The van der Waals surface area contributed by atoms with E-state index >= 15 is 0 Å². The highest BCUT2D eigenvalue weighted by Crippen LogP contribution is 2.24. The molecular formula is C11H11N3O. The molecule has 0 saturated heterocycles. The van der Waals surface area contributed by atoms with Crippen LogP contribution in [-0.2, 0) is 0 Å². The van der Waals surface area contributed by atoms with Crippen LogP contribution in [0.1, 0.15) is 5.56 Å². The summed E-state index contributed by atoms with van der Waals surface area (Å²) in [5.41, 5.74) is 7.33. The van der Waals surface area contributed by atoms with Gasteiger partial charge in [-0.2, -0.15) is 5.10 Å². The second-order valence-electron chi connectivity index (χ2n) is 3.19. The summed E-state index contributed by atoms with van der Waals surface area (Å²) in [6, 6.07) is 8.99. The molecule has 0 bridgehead atoms. The summed E-state index contributed by atoms with van der Waals surface area (Å²) in [5, 5.41) is 7.56. The Morgan fingerprint density at radius 3 is 2.80 bits per heavy atom. The largest absolute Gasteiger partial charge is 0.437 e. The summed E-state index contributed by atoms with van der Waals surface area (Å²) in [4.78, 5) is 0. The summed E-state index contributed by atoms with van der Waals surface area (Å²) < 4.78 is 5.53. The molecule has 76 valence electrons. The summed E-state index contributed by atoms with van der Waals surface area (Å²) in [6.45, 7) is 1.93. The fourth-order valence-corrected chi connectivity index (χ4v) is 1.24. The molecule has 4 nitrogen and oxygen atoms in total. The summed E-state index contributed by atoms with van der Waals surface area (Å²) in [5.74, 6) is 1.22. The molecule has 0 aliphatic carbocycles. The molecule has 0 atom stereocenters. The lowest BCUT2D eigenvalue weighted by molar-refractivity contribution is 0.452. The zero-order chi connectivity index (χ0) is 10.7. The lowest BCUT2D eigenvalue weighted by Gasteiger charge is -2.07. The first kappa shape index (κ1) is 9.45. The van der Waals surface area contributed by atoms with Crippen LogP contribution in [0.3, 0.4) is 0 Å². The Bertz CT molecular complexity index is 457. The topological polar surface area (TPSA) is 61.0 Å². The molecule has 0 unspecified atom stereocenters. The van der Waals surface area contributed by atoms with Crippen molar-refractivity contribution in [1.82, 2.24) is 10.2 Å². The molecule has 1 aromatic heterocycles. The van der Waals surface area contributed by atoms with Crippen LogP contribution >= 0.6 is 0 Å². The van der Waals surface area contributed by atoms with Crippen LogP contribution in [0.15, 0.2) is 36.5 Å². The van der Waals surface area contributed by atoms with Crippen molar-refractivity contribution in [2.45, 2.75) is 6.92 Å². The molecule has 1 aromatic carbocycles. The lowest BCUT2D eigenvalue weighted by Crippen LogP contribution is -1.92. The molecule has 2 aromatic rings. The molecule has 2 N–H and O–H groups in total. The van der Waals surface area contributed by atoms with Crippen LogP contribution in [0, 0.1) is 6.92 Å². The Hall–Kier alpha value is -2.10.